The van der Waals surface area contributed by atoms with Crippen molar-refractivity contribution in [2.45, 2.75) is 52.2 Å². The largest absolute Gasteiger partial charge is 0.332 e. The van der Waals surface area contributed by atoms with Crippen molar-refractivity contribution in [1.29, 1.82) is 0 Å². The number of aromatic nitrogens is 3. The molecule has 6 heteroatoms. The predicted molar refractivity (Wildman–Crippen MR) is 90.0 cm³/mol. The lowest BCUT2D eigenvalue weighted by Gasteiger charge is -2.20. The SMILES string of the molecule is CC[C@H](NC(=O)N[C@H](C)c1cnn(C(C)C)c1)c1ccncc1. The number of hydrogen-bond acceptors (Lipinski definition) is 3. The summed E-state index contributed by atoms with van der Waals surface area (Å²) in [4.78, 5) is 16.3. The molecule has 0 unspecified atom stereocenters. The molecular weight excluding hydrogens is 290 g/mol. The van der Waals surface area contributed by atoms with Crippen LogP contribution in [0.3, 0.4) is 0 Å². The maximum Gasteiger partial charge on any atom is 0.315 e. The van der Waals surface area contributed by atoms with E-state index in [2.05, 4.69) is 34.6 Å². The lowest BCUT2D eigenvalue weighted by molar-refractivity contribution is 0.233. The highest BCUT2D eigenvalue weighted by atomic mass is 16.2. The Balaban J connectivity index is 1.95. The monoisotopic (exact) mass is 315 g/mol. The lowest BCUT2D eigenvalue weighted by Crippen LogP contribution is -2.39. The first kappa shape index (κ1) is 17.0. The van der Waals surface area contributed by atoms with Crippen LogP contribution in [0.1, 0.15) is 63.4 Å². The van der Waals surface area contributed by atoms with Crippen molar-refractivity contribution in [3.8, 4) is 0 Å². The third-order valence-electron chi connectivity index (χ3n) is 3.82. The molecule has 0 saturated carbocycles. The van der Waals surface area contributed by atoms with Gasteiger partial charge in [0.05, 0.1) is 18.3 Å². The van der Waals surface area contributed by atoms with Gasteiger partial charge in [0.1, 0.15) is 0 Å². The molecule has 6 nitrogen and oxygen atoms in total. The first-order valence-electron chi connectivity index (χ1n) is 8.02. The van der Waals surface area contributed by atoms with Crippen molar-refractivity contribution in [1.82, 2.24) is 25.4 Å². The van der Waals surface area contributed by atoms with Crippen molar-refractivity contribution in [2.75, 3.05) is 0 Å². The molecule has 0 spiro atoms. The molecule has 2 heterocycles. The second kappa shape index (κ2) is 7.76. The van der Waals surface area contributed by atoms with E-state index in [1.54, 1.807) is 18.6 Å². The third-order valence-corrected chi connectivity index (χ3v) is 3.82. The fourth-order valence-corrected chi connectivity index (χ4v) is 2.36. The van der Waals surface area contributed by atoms with Crippen LogP contribution >= 0.6 is 0 Å². The molecule has 2 atom stereocenters. The fourth-order valence-electron chi connectivity index (χ4n) is 2.36. The third kappa shape index (κ3) is 4.55. The second-order valence-corrected chi connectivity index (χ2v) is 5.93. The summed E-state index contributed by atoms with van der Waals surface area (Å²) in [5, 5.41) is 10.3. The van der Waals surface area contributed by atoms with E-state index in [0.717, 1.165) is 17.5 Å². The molecule has 2 aromatic rings. The molecule has 0 aliphatic carbocycles. The van der Waals surface area contributed by atoms with Crippen molar-refractivity contribution < 1.29 is 4.79 Å². The quantitative estimate of drug-likeness (QED) is 0.858. The Kier molecular flexibility index (Phi) is 5.73. The number of urea groups is 1. The van der Waals surface area contributed by atoms with Gasteiger partial charge in [-0.05, 0) is 44.9 Å². The summed E-state index contributed by atoms with van der Waals surface area (Å²) in [6.07, 6.45) is 8.05. The average Bonchev–Trinajstić information content (AvgIpc) is 3.04. The Morgan fingerprint density at radius 2 is 1.87 bits per heavy atom. The zero-order chi connectivity index (χ0) is 16.8. The van der Waals surface area contributed by atoms with E-state index in [4.69, 9.17) is 0 Å². The highest BCUT2D eigenvalue weighted by Gasteiger charge is 2.16. The van der Waals surface area contributed by atoms with Gasteiger partial charge < -0.3 is 10.6 Å². The minimum atomic E-state index is -0.182. The molecule has 0 radical (unpaired) electrons. The molecule has 0 aromatic carbocycles. The standard InChI is InChI=1S/C17H25N5O/c1-5-16(14-6-8-18-9-7-14)21-17(23)20-13(4)15-10-19-22(11-15)12(2)3/h6-13,16H,5H2,1-4H3,(H2,20,21,23)/t13-,16+/m1/s1. The van der Waals surface area contributed by atoms with Crippen molar-refractivity contribution in [3.05, 3.63) is 48.0 Å². The maximum absolute atomic E-state index is 12.2. The minimum absolute atomic E-state index is 0.0245. The van der Waals surface area contributed by atoms with Crippen molar-refractivity contribution in [3.63, 3.8) is 0 Å². The van der Waals surface area contributed by atoms with Gasteiger partial charge >= 0.3 is 6.03 Å². The lowest BCUT2D eigenvalue weighted by atomic mass is 10.1. The van der Waals surface area contributed by atoms with Gasteiger partial charge in [0.25, 0.3) is 0 Å². The van der Waals surface area contributed by atoms with E-state index in [1.165, 1.54) is 0 Å². The number of hydrogen-bond donors (Lipinski definition) is 2. The first-order chi connectivity index (χ1) is 11.0. The van der Waals surface area contributed by atoms with Gasteiger partial charge in [-0.25, -0.2) is 4.79 Å². The topological polar surface area (TPSA) is 71.8 Å². The normalized spacial score (nSPS) is 13.6. The zero-order valence-electron chi connectivity index (χ0n) is 14.2. The molecule has 0 saturated heterocycles. The molecule has 2 aromatic heterocycles. The Labute approximate surface area is 137 Å². The number of carbonyl (C=O) groups excluding carboxylic acids is 1. The summed E-state index contributed by atoms with van der Waals surface area (Å²) in [7, 11) is 0. The van der Waals surface area contributed by atoms with Gasteiger partial charge in [-0.3, -0.25) is 9.67 Å². The van der Waals surface area contributed by atoms with Crippen LogP contribution in [0.4, 0.5) is 4.79 Å². The molecule has 2 N–H and O–H groups in total. The van der Waals surface area contributed by atoms with E-state index in [1.807, 2.05) is 36.9 Å². The van der Waals surface area contributed by atoms with Crippen molar-refractivity contribution >= 4 is 6.03 Å². The average molecular weight is 315 g/mol. The van der Waals surface area contributed by atoms with Gasteiger partial charge in [0.2, 0.25) is 0 Å². The van der Waals surface area contributed by atoms with Gasteiger partial charge in [0.15, 0.2) is 0 Å². The molecule has 23 heavy (non-hydrogen) atoms. The summed E-state index contributed by atoms with van der Waals surface area (Å²) in [5.41, 5.74) is 2.05. The van der Waals surface area contributed by atoms with Crippen LogP contribution < -0.4 is 10.6 Å². The number of rotatable bonds is 6. The zero-order valence-corrected chi connectivity index (χ0v) is 14.2. The van der Waals surface area contributed by atoms with Crippen LogP contribution in [0.15, 0.2) is 36.9 Å². The number of pyridine rings is 1. The summed E-state index contributed by atoms with van der Waals surface area (Å²) in [6.45, 7) is 8.14. The van der Waals surface area contributed by atoms with Crippen LogP contribution in [0.5, 0.6) is 0 Å². The molecule has 0 aliphatic heterocycles. The van der Waals surface area contributed by atoms with Crippen LogP contribution in [-0.2, 0) is 0 Å². The number of nitrogens with one attached hydrogen (secondary N) is 2. The summed E-state index contributed by atoms with van der Waals surface area (Å²) >= 11 is 0. The molecule has 0 aliphatic rings. The Morgan fingerprint density at radius 3 is 2.43 bits per heavy atom. The highest BCUT2D eigenvalue weighted by molar-refractivity contribution is 5.74. The van der Waals surface area contributed by atoms with E-state index in [0.29, 0.717) is 6.04 Å². The van der Waals surface area contributed by atoms with Gasteiger partial charge in [-0.1, -0.05) is 6.92 Å². The van der Waals surface area contributed by atoms with E-state index >= 15 is 0 Å². The van der Waals surface area contributed by atoms with Crippen LogP contribution in [-0.4, -0.2) is 20.8 Å². The number of amides is 2. The smallest absolute Gasteiger partial charge is 0.315 e. The summed E-state index contributed by atoms with van der Waals surface area (Å²) < 4.78 is 1.89. The number of nitrogens with zero attached hydrogens (tertiary/aromatic N) is 3. The van der Waals surface area contributed by atoms with Crippen LogP contribution in [0.25, 0.3) is 0 Å². The predicted octanol–water partition coefficient (Wildman–Crippen LogP) is 3.37. The van der Waals surface area contributed by atoms with Crippen LogP contribution in [0.2, 0.25) is 0 Å². The minimum Gasteiger partial charge on any atom is -0.332 e. The van der Waals surface area contributed by atoms with E-state index < -0.39 is 0 Å². The van der Waals surface area contributed by atoms with E-state index in [9.17, 15) is 4.79 Å². The summed E-state index contributed by atoms with van der Waals surface area (Å²) in [5.74, 6) is 0. The molecule has 2 rings (SSSR count). The molecule has 124 valence electrons. The molecular formula is C17H25N5O. The highest BCUT2D eigenvalue weighted by Crippen LogP contribution is 2.16. The maximum atomic E-state index is 12.2. The fraction of sp³-hybridized carbons (Fsp3) is 0.471. The van der Waals surface area contributed by atoms with Crippen LogP contribution in [0, 0.1) is 0 Å². The summed E-state index contributed by atoms with van der Waals surface area (Å²) in [6, 6.07) is 3.84. The first-order valence-corrected chi connectivity index (χ1v) is 8.02. The Hall–Kier alpha value is -2.37. The van der Waals surface area contributed by atoms with Gasteiger partial charge in [-0.15, -0.1) is 0 Å². The molecule has 2 amide bonds. The Bertz CT molecular complexity index is 623. The van der Waals surface area contributed by atoms with Gasteiger partial charge in [-0.2, -0.15) is 5.10 Å². The van der Waals surface area contributed by atoms with Crippen molar-refractivity contribution in [2.24, 2.45) is 0 Å². The van der Waals surface area contributed by atoms with Gasteiger partial charge in [0, 0.05) is 30.2 Å². The van der Waals surface area contributed by atoms with E-state index in [-0.39, 0.29) is 18.1 Å². The molecule has 0 bridgehead atoms. The second-order valence-electron chi connectivity index (χ2n) is 5.93. The molecule has 0 fully saturated rings. The Morgan fingerprint density at radius 1 is 1.17 bits per heavy atom. The number of carbonyl (C=O) groups is 1.